The van der Waals surface area contributed by atoms with Crippen LogP contribution in [0.5, 0.6) is 0 Å². The Balaban J connectivity index is 0.00000169. The summed E-state index contributed by atoms with van der Waals surface area (Å²) in [5.74, 6) is 0. The van der Waals surface area contributed by atoms with Crippen LogP contribution in [0.1, 0.15) is 12.5 Å². The average molecular weight is 275 g/mol. The molecule has 1 aromatic carbocycles. The first kappa shape index (κ1) is 14.3. The van der Waals surface area contributed by atoms with E-state index >= 15 is 0 Å². The van der Waals surface area contributed by atoms with Gasteiger partial charge in [-0.2, -0.15) is 0 Å². The highest BCUT2D eigenvalue weighted by atomic mass is 35.5. The Morgan fingerprint density at radius 3 is 2.14 bits per heavy atom. The van der Waals surface area contributed by atoms with E-state index in [0.29, 0.717) is 21.5 Å². The maximum absolute atomic E-state index is 5.95. The third-order valence-corrected chi connectivity index (χ3v) is 2.71. The number of benzene rings is 1. The van der Waals surface area contributed by atoms with Crippen LogP contribution >= 0.6 is 47.2 Å². The molecule has 0 saturated heterocycles. The molecule has 1 nitrogen and oxygen atoms in total. The minimum absolute atomic E-state index is 0. The van der Waals surface area contributed by atoms with E-state index < -0.39 is 0 Å². The fraction of sp³-hybridized carbons (Fsp3) is 0.333. The molecule has 0 bridgehead atoms. The van der Waals surface area contributed by atoms with Gasteiger partial charge in [-0.05, 0) is 31.0 Å². The summed E-state index contributed by atoms with van der Waals surface area (Å²) >= 11 is 17.6. The van der Waals surface area contributed by atoms with Crippen molar-refractivity contribution in [2.75, 3.05) is 0 Å². The largest absolute Gasteiger partial charge is 0.328 e. The molecule has 0 radical (unpaired) electrons. The standard InChI is InChI=1S/C9H10Cl3N.ClH/c1-5(13)2-6-3-8(11)9(12)4-7(6)10;/h3-5H,2,13H2,1H3;1H. The molecule has 0 aliphatic carbocycles. The summed E-state index contributed by atoms with van der Waals surface area (Å²) in [7, 11) is 0. The van der Waals surface area contributed by atoms with Gasteiger partial charge in [0.25, 0.3) is 0 Å². The Bertz CT molecular complexity index is 312. The van der Waals surface area contributed by atoms with Crippen molar-refractivity contribution in [2.24, 2.45) is 5.73 Å². The number of nitrogens with two attached hydrogens (primary N) is 1. The predicted octanol–water partition coefficient (Wildman–Crippen LogP) is 3.96. The van der Waals surface area contributed by atoms with Crippen LogP contribution in [0, 0.1) is 0 Å². The molecule has 1 rings (SSSR count). The van der Waals surface area contributed by atoms with E-state index in [-0.39, 0.29) is 18.4 Å². The Labute approximate surface area is 105 Å². The van der Waals surface area contributed by atoms with E-state index in [1.165, 1.54) is 0 Å². The topological polar surface area (TPSA) is 26.0 Å². The van der Waals surface area contributed by atoms with E-state index in [1.54, 1.807) is 12.1 Å². The zero-order chi connectivity index (χ0) is 10.0. The van der Waals surface area contributed by atoms with Gasteiger partial charge in [-0.15, -0.1) is 12.4 Å². The van der Waals surface area contributed by atoms with Crippen LogP contribution in [0.3, 0.4) is 0 Å². The summed E-state index contributed by atoms with van der Waals surface area (Å²) in [5.41, 5.74) is 6.58. The lowest BCUT2D eigenvalue weighted by molar-refractivity contribution is 0.738. The van der Waals surface area contributed by atoms with E-state index in [9.17, 15) is 0 Å². The molecule has 1 aromatic rings. The summed E-state index contributed by atoms with van der Waals surface area (Å²) < 4.78 is 0. The van der Waals surface area contributed by atoms with Crippen molar-refractivity contribution in [3.8, 4) is 0 Å². The zero-order valence-electron chi connectivity index (χ0n) is 7.56. The molecule has 1 unspecified atom stereocenters. The fourth-order valence-corrected chi connectivity index (χ4v) is 1.71. The monoisotopic (exact) mass is 273 g/mol. The average Bonchev–Trinajstić information content (AvgIpc) is 1.99. The molecule has 0 heterocycles. The van der Waals surface area contributed by atoms with Crippen molar-refractivity contribution >= 4 is 47.2 Å². The smallest absolute Gasteiger partial charge is 0.0607 e. The second kappa shape index (κ2) is 6.04. The maximum Gasteiger partial charge on any atom is 0.0607 e. The lowest BCUT2D eigenvalue weighted by atomic mass is 10.1. The summed E-state index contributed by atoms with van der Waals surface area (Å²) in [6, 6.07) is 3.47. The predicted molar refractivity (Wildman–Crippen MR) is 66.1 cm³/mol. The lowest BCUT2D eigenvalue weighted by Gasteiger charge is -2.08. The van der Waals surface area contributed by atoms with Gasteiger partial charge in [-0.3, -0.25) is 0 Å². The molecule has 5 heteroatoms. The Morgan fingerprint density at radius 1 is 1.14 bits per heavy atom. The molecule has 0 aliphatic rings. The van der Waals surface area contributed by atoms with Crippen molar-refractivity contribution in [3.63, 3.8) is 0 Å². The summed E-state index contributed by atoms with van der Waals surface area (Å²) in [4.78, 5) is 0. The molecule has 80 valence electrons. The highest BCUT2D eigenvalue weighted by molar-refractivity contribution is 6.43. The summed E-state index contributed by atoms with van der Waals surface area (Å²) in [5, 5.41) is 1.61. The van der Waals surface area contributed by atoms with Crippen molar-refractivity contribution in [3.05, 3.63) is 32.8 Å². The Hall–Kier alpha value is 0.340. The zero-order valence-corrected chi connectivity index (χ0v) is 10.6. The SMILES string of the molecule is CC(N)Cc1cc(Cl)c(Cl)cc1Cl.Cl. The summed E-state index contributed by atoms with van der Waals surface area (Å²) in [6.45, 7) is 1.92. The first-order valence-corrected chi connectivity index (χ1v) is 5.03. The molecule has 0 saturated carbocycles. The van der Waals surface area contributed by atoms with Gasteiger partial charge in [-0.1, -0.05) is 34.8 Å². The van der Waals surface area contributed by atoms with Gasteiger partial charge in [0.1, 0.15) is 0 Å². The van der Waals surface area contributed by atoms with E-state index in [4.69, 9.17) is 40.5 Å². The highest BCUT2D eigenvalue weighted by Gasteiger charge is 2.07. The molecule has 0 spiro atoms. The van der Waals surface area contributed by atoms with Gasteiger partial charge in [0, 0.05) is 11.1 Å². The van der Waals surface area contributed by atoms with Gasteiger partial charge >= 0.3 is 0 Å². The van der Waals surface area contributed by atoms with Crippen LogP contribution in [-0.4, -0.2) is 6.04 Å². The second-order valence-electron chi connectivity index (χ2n) is 3.04. The van der Waals surface area contributed by atoms with Gasteiger partial charge in [0.05, 0.1) is 10.0 Å². The van der Waals surface area contributed by atoms with Crippen LogP contribution in [0.2, 0.25) is 15.1 Å². The minimum Gasteiger partial charge on any atom is -0.328 e. The minimum atomic E-state index is 0. The number of hydrogen-bond donors (Lipinski definition) is 1. The molecule has 0 fully saturated rings. The Morgan fingerprint density at radius 2 is 1.64 bits per heavy atom. The van der Waals surface area contributed by atoms with Gasteiger partial charge in [0.2, 0.25) is 0 Å². The fourth-order valence-electron chi connectivity index (χ4n) is 1.07. The van der Waals surface area contributed by atoms with Crippen LogP contribution in [-0.2, 0) is 6.42 Å². The first-order valence-electron chi connectivity index (χ1n) is 3.89. The van der Waals surface area contributed by atoms with E-state index in [2.05, 4.69) is 0 Å². The second-order valence-corrected chi connectivity index (χ2v) is 4.26. The molecular formula is C9H11Cl4N. The van der Waals surface area contributed by atoms with Crippen LogP contribution in [0.25, 0.3) is 0 Å². The number of halogens is 4. The van der Waals surface area contributed by atoms with Crippen LogP contribution < -0.4 is 5.73 Å². The van der Waals surface area contributed by atoms with Gasteiger partial charge < -0.3 is 5.73 Å². The van der Waals surface area contributed by atoms with Crippen LogP contribution in [0.15, 0.2) is 12.1 Å². The van der Waals surface area contributed by atoms with Gasteiger partial charge in [0.15, 0.2) is 0 Å². The summed E-state index contributed by atoms with van der Waals surface area (Å²) in [6.07, 6.45) is 0.704. The third kappa shape index (κ3) is 3.84. The highest BCUT2D eigenvalue weighted by Crippen LogP contribution is 2.29. The quantitative estimate of drug-likeness (QED) is 0.812. The van der Waals surface area contributed by atoms with E-state index in [1.807, 2.05) is 6.92 Å². The third-order valence-electron chi connectivity index (χ3n) is 1.63. The molecule has 0 amide bonds. The first-order chi connectivity index (χ1) is 6.00. The molecule has 2 N–H and O–H groups in total. The van der Waals surface area contributed by atoms with Crippen LogP contribution in [0.4, 0.5) is 0 Å². The number of rotatable bonds is 2. The van der Waals surface area contributed by atoms with Crippen molar-refractivity contribution in [1.82, 2.24) is 0 Å². The van der Waals surface area contributed by atoms with Crippen molar-refractivity contribution in [2.45, 2.75) is 19.4 Å². The van der Waals surface area contributed by atoms with E-state index in [0.717, 1.165) is 5.56 Å². The molecule has 0 aliphatic heterocycles. The van der Waals surface area contributed by atoms with Gasteiger partial charge in [-0.25, -0.2) is 0 Å². The molecule has 0 aromatic heterocycles. The maximum atomic E-state index is 5.95. The number of hydrogen-bond acceptors (Lipinski definition) is 1. The van der Waals surface area contributed by atoms with Crippen molar-refractivity contribution < 1.29 is 0 Å². The lowest BCUT2D eigenvalue weighted by Crippen LogP contribution is -2.17. The molecule has 14 heavy (non-hydrogen) atoms. The Kier molecular flexibility index (Phi) is 6.19. The normalized spacial score (nSPS) is 12.1. The molecule has 1 atom stereocenters. The molecular weight excluding hydrogens is 264 g/mol. The van der Waals surface area contributed by atoms with Crippen molar-refractivity contribution in [1.29, 1.82) is 0 Å².